The lowest BCUT2D eigenvalue weighted by Crippen LogP contribution is -2.08. The van der Waals surface area contributed by atoms with Crippen molar-refractivity contribution >= 4 is 11.9 Å². The van der Waals surface area contributed by atoms with E-state index in [0.29, 0.717) is 5.82 Å². The van der Waals surface area contributed by atoms with Crippen molar-refractivity contribution in [2.75, 3.05) is 5.32 Å². The van der Waals surface area contributed by atoms with Gasteiger partial charge in [0.2, 0.25) is 0 Å². The highest BCUT2D eigenvalue weighted by Gasteiger charge is 1.97. The minimum Gasteiger partial charge on any atom is -0.465 e. The SMILES string of the molecule is Cc1ccnc(NC(=O)O)c1. The van der Waals surface area contributed by atoms with E-state index in [0.717, 1.165) is 5.56 Å². The van der Waals surface area contributed by atoms with Gasteiger partial charge < -0.3 is 5.11 Å². The van der Waals surface area contributed by atoms with Crippen molar-refractivity contribution < 1.29 is 9.90 Å². The first-order valence-electron chi connectivity index (χ1n) is 3.11. The van der Waals surface area contributed by atoms with E-state index in [4.69, 9.17) is 5.11 Å². The molecule has 0 spiro atoms. The Morgan fingerprint density at radius 3 is 3.00 bits per heavy atom. The van der Waals surface area contributed by atoms with Crippen LogP contribution in [0.15, 0.2) is 18.3 Å². The molecule has 0 aliphatic carbocycles. The van der Waals surface area contributed by atoms with Crippen LogP contribution in [0.4, 0.5) is 10.6 Å². The molecule has 0 radical (unpaired) electrons. The van der Waals surface area contributed by atoms with Gasteiger partial charge in [-0.15, -0.1) is 0 Å². The largest absolute Gasteiger partial charge is 0.465 e. The van der Waals surface area contributed by atoms with Gasteiger partial charge in [-0.05, 0) is 24.6 Å². The molecule has 0 bridgehead atoms. The number of rotatable bonds is 1. The minimum atomic E-state index is -1.09. The zero-order valence-electron chi connectivity index (χ0n) is 6.03. The highest BCUT2D eigenvalue weighted by Crippen LogP contribution is 2.04. The summed E-state index contributed by atoms with van der Waals surface area (Å²) in [7, 11) is 0. The Balaban J connectivity index is 2.79. The molecular formula is C7H8N2O2. The summed E-state index contributed by atoms with van der Waals surface area (Å²) in [6.45, 7) is 1.87. The average molecular weight is 152 g/mol. The quantitative estimate of drug-likeness (QED) is 0.640. The number of nitrogens with zero attached hydrogens (tertiary/aromatic N) is 1. The Kier molecular flexibility index (Phi) is 2.06. The number of hydrogen-bond donors (Lipinski definition) is 2. The van der Waals surface area contributed by atoms with Crippen LogP contribution in [-0.2, 0) is 0 Å². The van der Waals surface area contributed by atoms with Gasteiger partial charge in [-0.3, -0.25) is 5.32 Å². The summed E-state index contributed by atoms with van der Waals surface area (Å²) < 4.78 is 0. The smallest absolute Gasteiger partial charge is 0.410 e. The maximum atomic E-state index is 10.1. The molecule has 1 aromatic heterocycles. The molecule has 4 heteroatoms. The molecule has 58 valence electrons. The normalized spacial score (nSPS) is 9.18. The molecule has 0 unspecified atom stereocenters. The van der Waals surface area contributed by atoms with Crippen LogP contribution in [0.1, 0.15) is 5.56 Å². The highest BCUT2D eigenvalue weighted by atomic mass is 16.4. The van der Waals surface area contributed by atoms with Crippen molar-refractivity contribution in [2.45, 2.75) is 6.92 Å². The van der Waals surface area contributed by atoms with Crippen LogP contribution < -0.4 is 5.32 Å². The maximum Gasteiger partial charge on any atom is 0.410 e. The van der Waals surface area contributed by atoms with Crippen molar-refractivity contribution in [1.29, 1.82) is 0 Å². The molecule has 1 heterocycles. The molecule has 0 saturated heterocycles. The number of carbonyl (C=O) groups is 1. The van der Waals surface area contributed by atoms with Crippen LogP contribution in [-0.4, -0.2) is 16.2 Å². The molecule has 0 atom stereocenters. The first-order valence-corrected chi connectivity index (χ1v) is 3.11. The van der Waals surface area contributed by atoms with Gasteiger partial charge in [-0.2, -0.15) is 0 Å². The van der Waals surface area contributed by atoms with E-state index in [9.17, 15) is 4.79 Å². The molecule has 0 fully saturated rings. The zero-order valence-corrected chi connectivity index (χ0v) is 6.03. The standard InChI is InChI=1S/C7H8N2O2/c1-5-2-3-8-6(4-5)9-7(10)11/h2-4H,1H3,(H,8,9)(H,10,11). The fraction of sp³-hybridized carbons (Fsp3) is 0.143. The van der Waals surface area contributed by atoms with Crippen LogP contribution >= 0.6 is 0 Å². The zero-order chi connectivity index (χ0) is 8.27. The molecule has 1 amide bonds. The second kappa shape index (κ2) is 3.01. The second-order valence-corrected chi connectivity index (χ2v) is 2.15. The van der Waals surface area contributed by atoms with Gasteiger partial charge in [0.25, 0.3) is 0 Å². The molecule has 1 rings (SSSR count). The summed E-state index contributed by atoms with van der Waals surface area (Å²) in [5.41, 5.74) is 0.976. The number of anilines is 1. The maximum absolute atomic E-state index is 10.1. The molecule has 4 nitrogen and oxygen atoms in total. The van der Waals surface area contributed by atoms with Crippen molar-refractivity contribution in [1.82, 2.24) is 4.98 Å². The Labute approximate surface area is 63.9 Å². The van der Waals surface area contributed by atoms with Crippen LogP contribution in [0, 0.1) is 6.92 Å². The Morgan fingerprint density at radius 1 is 1.73 bits per heavy atom. The van der Waals surface area contributed by atoms with Crippen LogP contribution in [0.25, 0.3) is 0 Å². The summed E-state index contributed by atoms with van der Waals surface area (Å²) in [6, 6.07) is 3.46. The molecule has 0 saturated carbocycles. The second-order valence-electron chi connectivity index (χ2n) is 2.15. The summed E-state index contributed by atoms with van der Waals surface area (Å²) in [4.78, 5) is 13.9. The van der Waals surface area contributed by atoms with Crippen LogP contribution in [0.2, 0.25) is 0 Å². The van der Waals surface area contributed by atoms with Gasteiger partial charge in [-0.25, -0.2) is 9.78 Å². The Bertz CT molecular complexity index is 273. The first kappa shape index (κ1) is 7.53. The van der Waals surface area contributed by atoms with E-state index in [1.54, 1.807) is 18.3 Å². The predicted molar refractivity (Wildman–Crippen MR) is 40.6 cm³/mol. The molecule has 0 aliphatic heterocycles. The van der Waals surface area contributed by atoms with Crippen molar-refractivity contribution in [3.63, 3.8) is 0 Å². The van der Waals surface area contributed by atoms with E-state index >= 15 is 0 Å². The number of carboxylic acid groups (broad SMARTS) is 1. The number of aryl methyl sites for hydroxylation is 1. The monoisotopic (exact) mass is 152 g/mol. The third-order valence-corrected chi connectivity index (χ3v) is 1.15. The molecule has 2 N–H and O–H groups in total. The molecule has 0 aliphatic rings. The van der Waals surface area contributed by atoms with Crippen molar-refractivity contribution in [3.05, 3.63) is 23.9 Å². The molecule has 1 aromatic rings. The number of nitrogens with one attached hydrogen (secondary N) is 1. The third kappa shape index (κ3) is 2.25. The lowest BCUT2D eigenvalue weighted by Gasteiger charge is -1.98. The van der Waals surface area contributed by atoms with Crippen molar-refractivity contribution in [3.8, 4) is 0 Å². The van der Waals surface area contributed by atoms with Gasteiger partial charge in [0.1, 0.15) is 5.82 Å². The summed E-state index contributed by atoms with van der Waals surface area (Å²) >= 11 is 0. The van der Waals surface area contributed by atoms with Gasteiger partial charge >= 0.3 is 6.09 Å². The predicted octanol–water partition coefficient (Wildman–Crippen LogP) is 1.48. The van der Waals surface area contributed by atoms with Crippen LogP contribution in [0.3, 0.4) is 0 Å². The van der Waals surface area contributed by atoms with E-state index in [2.05, 4.69) is 10.3 Å². The van der Waals surface area contributed by atoms with E-state index in [1.807, 2.05) is 6.92 Å². The Morgan fingerprint density at radius 2 is 2.45 bits per heavy atom. The number of pyridine rings is 1. The van der Waals surface area contributed by atoms with Gasteiger partial charge in [0, 0.05) is 6.20 Å². The van der Waals surface area contributed by atoms with Gasteiger partial charge in [0.05, 0.1) is 0 Å². The lowest BCUT2D eigenvalue weighted by molar-refractivity contribution is 0.209. The fourth-order valence-electron chi connectivity index (χ4n) is 0.714. The lowest BCUT2D eigenvalue weighted by atomic mass is 10.3. The molecule has 0 aromatic carbocycles. The Hall–Kier alpha value is -1.58. The topological polar surface area (TPSA) is 62.2 Å². The number of hydrogen-bond acceptors (Lipinski definition) is 2. The van der Waals surface area contributed by atoms with E-state index < -0.39 is 6.09 Å². The van der Waals surface area contributed by atoms with Crippen LogP contribution in [0.5, 0.6) is 0 Å². The molecular weight excluding hydrogens is 144 g/mol. The van der Waals surface area contributed by atoms with Crippen molar-refractivity contribution in [2.24, 2.45) is 0 Å². The average Bonchev–Trinajstić information content (AvgIpc) is 1.85. The van der Waals surface area contributed by atoms with Gasteiger partial charge in [0.15, 0.2) is 0 Å². The number of amides is 1. The highest BCUT2D eigenvalue weighted by molar-refractivity contribution is 5.81. The van der Waals surface area contributed by atoms with E-state index in [1.165, 1.54) is 0 Å². The fourth-order valence-corrected chi connectivity index (χ4v) is 0.714. The molecule has 11 heavy (non-hydrogen) atoms. The summed E-state index contributed by atoms with van der Waals surface area (Å²) in [5, 5.41) is 10.5. The summed E-state index contributed by atoms with van der Waals surface area (Å²) in [6.07, 6.45) is 0.462. The first-order chi connectivity index (χ1) is 5.18. The number of aromatic nitrogens is 1. The van der Waals surface area contributed by atoms with E-state index in [-0.39, 0.29) is 0 Å². The minimum absolute atomic E-state index is 0.359. The third-order valence-electron chi connectivity index (χ3n) is 1.15. The van der Waals surface area contributed by atoms with Gasteiger partial charge in [-0.1, -0.05) is 0 Å². The summed E-state index contributed by atoms with van der Waals surface area (Å²) in [5.74, 6) is 0.359.